The maximum atomic E-state index is 13.1. The number of hydrogen-bond donors (Lipinski definition) is 1. The molecule has 2 nitrogen and oxygen atoms in total. The number of rotatable bonds is 2. The fraction of sp³-hybridized carbons (Fsp3) is 0. The van der Waals surface area contributed by atoms with Crippen molar-refractivity contribution in [2.45, 2.75) is 0 Å². The number of nitrogens with zero attached hydrogens (tertiary/aromatic N) is 1. The van der Waals surface area contributed by atoms with Crippen LogP contribution in [0.3, 0.4) is 0 Å². The van der Waals surface area contributed by atoms with Gasteiger partial charge in [0.2, 0.25) is 0 Å². The van der Waals surface area contributed by atoms with Crippen LogP contribution < -0.4 is 5.32 Å². The van der Waals surface area contributed by atoms with Crippen molar-refractivity contribution in [3.63, 3.8) is 0 Å². The van der Waals surface area contributed by atoms with E-state index in [1.165, 1.54) is 23.5 Å². The summed E-state index contributed by atoms with van der Waals surface area (Å²) in [6, 6.07) is 9.74. The molecule has 0 bridgehead atoms. The van der Waals surface area contributed by atoms with Crippen LogP contribution in [0.4, 0.5) is 15.2 Å². The average Bonchev–Trinajstić information content (AvgIpc) is 2.75. The first kappa shape index (κ1) is 12.7. The molecule has 0 atom stereocenters. The van der Waals surface area contributed by atoms with E-state index >= 15 is 0 Å². The largest absolute Gasteiger partial charge is 0.329 e. The number of fused-ring (bicyclic) bond motifs is 1. The van der Waals surface area contributed by atoms with Crippen molar-refractivity contribution in [2.75, 3.05) is 5.32 Å². The van der Waals surface area contributed by atoms with Crippen molar-refractivity contribution >= 4 is 55.6 Å². The first-order valence-corrected chi connectivity index (χ1v) is 6.98. The van der Waals surface area contributed by atoms with Gasteiger partial charge in [0, 0.05) is 6.07 Å². The zero-order chi connectivity index (χ0) is 13.4. The second-order valence-electron chi connectivity index (χ2n) is 3.85. The van der Waals surface area contributed by atoms with E-state index in [4.69, 9.17) is 23.2 Å². The van der Waals surface area contributed by atoms with Crippen LogP contribution in [0, 0.1) is 5.82 Å². The van der Waals surface area contributed by atoms with Crippen LogP contribution in [-0.2, 0) is 0 Å². The summed E-state index contributed by atoms with van der Waals surface area (Å²) in [6.45, 7) is 0. The number of nitrogens with one attached hydrogen (secondary N) is 1. The first-order chi connectivity index (χ1) is 9.13. The molecule has 6 heteroatoms. The second kappa shape index (κ2) is 4.96. The maximum absolute atomic E-state index is 13.1. The molecule has 0 aliphatic carbocycles. The average molecular weight is 313 g/mol. The van der Waals surface area contributed by atoms with Crippen molar-refractivity contribution in [1.29, 1.82) is 0 Å². The second-order valence-corrected chi connectivity index (χ2v) is 5.70. The molecular formula is C13H7Cl2FN2S. The number of aromatic nitrogens is 1. The summed E-state index contributed by atoms with van der Waals surface area (Å²) >= 11 is 13.6. The van der Waals surface area contributed by atoms with Gasteiger partial charge in [0.25, 0.3) is 0 Å². The van der Waals surface area contributed by atoms with Gasteiger partial charge in [-0.25, -0.2) is 9.37 Å². The highest BCUT2D eigenvalue weighted by Gasteiger charge is 2.09. The molecule has 1 N–H and O–H groups in total. The molecule has 0 unspecified atom stereocenters. The highest BCUT2D eigenvalue weighted by atomic mass is 35.5. The lowest BCUT2D eigenvalue weighted by molar-refractivity contribution is 0.629. The SMILES string of the molecule is Fc1ccc2sc(Nc3c(Cl)cccc3Cl)nc2c1. The zero-order valence-corrected chi connectivity index (χ0v) is 11.8. The van der Waals surface area contributed by atoms with Gasteiger partial charge in [0.15, 0.2) is 5.13 Å². The van der Waals surface area contributed by atoms with Gasteiger partial charge in [0.05, 0.1) is 25.9 Å². The molecule has 0 saturated heterocycles. The Morgan fingerprint density at radius 2 is 1.84 bits per heavy atom. The lowest BCUT2D eigenvalue weighted by Gasteiger charge is -2.06. The summed E-state index contributed by atoms with van der Waals surface area (Å²) in [5.74, 6) is -0.305. The highest BCUT2D eigenvalue weighted by Crippen LogP contribution is 2.35. The highest BCUT2D eigenvalue weighted by molar-refractivity contribution is 7.22. The lowest BCUT2D eigenvalue weighted by atomic mass is 10.3. The molecule has 0 aliphatic heterocycles. The Balaban J connectivity index is 2.01. The van der Waals surface area contributed by atoms with Crippen LogP contribution in [0.25, 0.3) is 10.2 Å². The summed E-state index contributed by atoms with van der Waals surface area (Å²) in [6.07, 6.45) is 0. The number of halogens is 3. The molecule has 0 radical (unpaired) electrons. The van der Waals surface area contributed by atoms with Gasteiger partial charge in [-0.15, -0.1) is 0 Å². The molecule has 1 heterocycles. The van der Waals surface area contributed by atoms with Crippen molar-refractivity contribution in [3.05, 3.63) is 52.3 Å². The Labute approximate surface area is 122 Å². The summed E-state index contributed by atoms with van der Waals surface area (Å²) in [7, 11) is 0. The van der Waals surface area contributed by atoms with E-state index in [9.17, 15) is 4.39 Å². The third kappa shape index (κ3) is 2.52. The van der Waals surface area contributed by atoms with Crippen molar-refractivity contribution in [1.82, 2.24) is 4.98 Å². The van der Waals surface area contributed by atoms with E-state index < -0.39 is 0 Å². The summed E-state index contributed by atoms with van der Waals surface area (Å²) < 4.78 is 14.0. The molecule has 0 aliphatic rings. The summed E-state index contributed by atoms with van der Waals surface area (Å²) in [4.78, 5) is 4.30. The van der Waals surface area contributed by atoms with Gasteiger partial charge in [-0.2, -0.15) is 0 Å². The number of thiazole rings is 1. The van der Waals surface area contributed by atoms with E-state index in [1.54, 1.807) is 24.3 Å². The molecule has 2 aromatic carbocycles. The van der Waals surface area contributed by atoms with E-state index in [1.807, 2.05) is 0 Å². The first-order valence-electron chi connectivity index (χ1n) is 5.40. The van der Waals surface area contributed by atoms with Gasteiger partial charge in [-0.3, -0.25) is 0 Å². The third-order valence-electron chi connectivity index (χ3n) is 2.54. The lowest BCUT2D eigenvalue weighted by Crippen LogP contribution is -1.91. The number of anilines is 2. The van der Waals surface area contributed by atoms with Crippen LogP contribution in [-0.4, -0.2) is 4.98 Å². The van der Waals surface area contributed by atoms with Crippen LogP contribution in [0.5, 0.6) is 0 Å². The zero-order valence-electron chi connectivity index (χ0n) is 9.45. The minimum Gasteiger partial charge on any atom is -0.329 e. The minimum absolute atomic E-state index is 0.305. The molecule has 0 spiro atoms. The smallest absolute Gasteiger partial charge is 0.188 e. The molecule has 0 saturated carbocycles. The van der Waals surface area contributed by atoms with Crippen LogP contribution in [0.2, 0.25) is 10.0 Å². The molecule has 3 rings (SSSR count). The van der Waals surface area contributed by atoms with Crippen LogP contribution in [0.1, 0.15) is 0 Å². The van der Waals surface area contributed by atoms with Gasteiger partial charge in [0.1, 0.15) is 5.82 Å². The summed E-state index contributed by atoms with van der Waals surface area (Å²) in [5, 5.41) is 4.72. The fourth-order valence-electron chi connectivity index (χ4n) is 1.68. The molecule has 19 heavy (non-hydrogen) atoms. The van der Waals surface area contributed by atoms with Crippen molar-refractivity contribution < 1.29 is 4.39 Å². The molecule has 0 fully saturated rings. The normalized spacial score (nSPS) is 10.9. The molecule has 3 aromatic rings. The number of benzene rings is 2. The third-order valence-corrected chi connectivity index (χ3v) is 4.13. The standard InChI is InChI=1S/C13H7Cl2FN2S/c14-8-2-1-3-9(15)12(8)18-13-17-10-6-7(16)4-5-11(10)19-13/h1-6H,(H,17,18). The molecule has 0 amide bonds. The van der Waals surface area contributed by atoms with Crippen LogP contribution in [0.15, 0.2) is 36.4 Å². The van der Waals surface area contributed by atoms with E-state index in [-0.39, 0.29) is 5.82 Å². The van der Waals surface area contributed by atoms with Crippen LogP contribution >= 0.6 is 34.5 Å². The number of hydrogen-bond acceptors (Lipinski definition) is 3. The van der Waals surface area contributed by atoms with Gasteiger partial charge in [-0.1, -0.05) is 40.6 Å². The number of para-hydroxylation sites is 1. The Hall–Kier alpha value is -1.36. The minimum atomic E-state index is -0.305. The van der Waals surface area contributed by atoms with E-state index in [0.717, 1.165) is 4.70 Å². The molecule has 1 aromatic heterocycles. The van der Waals surface area contributed by atoms with Gasteiger partial charge in [-0.05, 0) is 24.3 Å². The maximum Gasteiger partial charge on any atom is 0.188 e. The predicted octanol–water partition coefficient (Wildman–Crippen LogP) is 5.49. The summed E-state index contributed by atoms with van der Waals surface area (Å²) in [5.41, 5.74) is 1.21. The van der Waals surface area contributed by atoms with E-state index in [0.29, 0.717) is 26.4 Å². The topological polar surface area (TPSA) is 24.9 Å². The monoisotopic (exact) mass is 312 g/mol. The Morgan fingerprint density at radius 3 is 2.58 bits per heavy atom. The predicted molar refractivity (Wildman–Crippen MR) is 79.3 cm³/mol. The fourth-order valence-corrected chi connectivity index (χ4v) is 3.02. The Morgan fingerprint density at radius 1 is 1.11 bits per heavy atom. The molecule has 96 valence electrons. The van der Waals surface area contributed by atoms with E-state index in [2.05, 4.69) is 10.3 Å². The molecular weight excluding hydrogens is 306 g/mol. The Bertz CT molecular complexity index is 737. The quantitative estimate of drug-likeness (QED) is 0.677. The van der Waals surface area contributed by atoms with Gasteiger partial charge >= 0.3 is 0 Å². The van der Waals surface area contributed by atoms with Gasteiger partial charge < -0.3 is 5.32 Å². The Kier molecular flexibility index (Phi) is 3.31. The van der Waals surface area contributed by atoms with Crippen molar-refractivity contribution in [3.8, 4) is 0 Å². The van der Waals surface area contributed by atoms with Crippen molar-refractivity contribution in [2.24, 2.45) is 0 Å².